The number of carbonyl (C=O) groups is 1. The van der Waals surface area contributed by atoms with Crippen LogP contribution in [0.2, 0.25) is 0 Å². The van der Waals surface area contributed by atoms with Gasteiger partial charge in [0.05, 0.1) is 16.3 Å². The van der Waals surface area contributed by atoms with Gasteiger partial charge in [0, 0.05) is 24.8 Å². The van der Waals surface area contributed by atoms with Crippen molar-refractivity contribution < 1.29 is 22.7 Å². The quantitative estimate of drug-likeness (QED) is 0.180. The second-order valence-electron chi connectivity index (χ2n) is 8.52. The Hall–Kier alpha value is -2.76. The van der Waals surface area contributed by atoms with E-state index in [-0.39, 0.29) is 17.4 Å². The van der Waals surface area contributed by atoms with Crippen LogP contribution in [0, 0.1) is 0 Å². The zero-order valence-corrected chi connectivity index (χ0v) is 22.6. The van der Waals surface area contributed by atoms with Crippen molar-refractivity contribution >= 4 is 50.3 Å². The summed E-state index contributed by atoms with van der Waals surface area (Å²) in [6, 6.07) is 19.7. The molecule has 1 aromatic heterocycles. The number of benzene rings is 2. The van der Waals surface area contributed by atoms with Crippen LogP contribution in [0.15, 0.2) is 80.9 Å². The van der Waals surface area contributed by atoms with Gasteiger partial charge >= 0.3 is 0 Å². The fourth-order valence-corrected chi connectivity index (χ4v) is 6.10. The van der Waals surface area contributed by atoms with Crippen LogP contribution in [0.25, 0.3) is 17.4 Å². The van der Waals surface area contributed by atoms with Crippen LogP contribution in [-0.2, 0) is 21.4 Å². The summed E-state index contributed by atoms with van der Waals surface area (Å²) in [6.07, 6.45) is 4.86. The number of rotatable bonds is 12. The second-order valence-corrected chi connectivity index (χ2v) is 12.0. The number of aliphatic hydroxyl groups excluding tert-OH is 1. The van der Waals surface area contributed by atoms with Gasteiger partial charge < -0.3 is 9.52 Å². The minimum atomic E-state index is -3.60. The summed E-state index contributed by atoms with van der Waals surface area (Å²) in [6.45, 7) is 0.931. The first-order valence-electron chi connectivity index (χ1n) is 12.0. The van der Waals surface area contributed by atoms with Gasteiger partial charge in [-0.15, -0.1) is 0 Å². The van der Waals surface area contributed by atoms with Crippen LogP contribution in [0.1, 0.15) is 37.0 Å². The average molecular weight is 557 g/mol. The molecule has 1 aliphatic heterocycles. The summed E-state index contributed by atoms with van der Waals surface area (Å²) in [7, 11) is -3.60. The smallest absolute Gasteiger partial charge is 0.266 e. The van der Waals surface area contributed by atoms with Crippen molar-refractivity contribution in [1.82, 2.24) is 9.62 Å². The fraction of sp³-hybridized carbons (Fsp3) is 0.259. The van der Waals surface area contributed by atoms with E-state index >= 15 is 0 Å². The molecule has 7 nitrogen and oxygen atoms in total. The monoisotopic (exact) mass is 556 g/mol. The van der Waals surface area contributed by atoms with E-state index in [4.69, 9.17) is 21.7 Å². The van der Waals surface area contributed by atoms with Gasteiger partial charge in [-0.1, -0.05) is 67.2 Å². The standard InChI is InChI=1S/C27H28N2O5S3/c30-17-7-2-1-6-16-28-37(32,33)23-13-10-21(11-14-23)24-15-12-22(34-24)18-25-26(31)29(27(35)36-25)19-20-8-4-3-5-9-20/h3-5,8-15,18,28,30H,1-2,6-7,16-17,19H2. The zero-order chi connectivity index (χ0) is 26.3. The maximum atomic E-state index is 12.9. The number of carbonyl (C=O) groups excluding carboxylic acids is 1. The molecule has 0 saturated carbocycles. The van der Waals surface area contributed by atoms with E-state index in [0.717, 1.165) is 36.8 Å². The van der Waals surface area contributed by atoms with Crippen LogP contribution in [0.5, 0.6) is 0 Å². The SMILES string of the molecule is O=C1C(=Cc2ccc(-c3ccc(S(=O)(=O)NCCCCCCO)cc3)o2)SC(=S)N1Cc1ccccc1. The molecule has 2 heterocycles. The highest BCUT2D eigenvalue weighted by Gasteiger charge is 2.32. The van der Waals surface area contributed by atoms with E-state index < -0.39 is 10.0 Å². The van der Waals surface area contributed by atoms with Gasteiger partial charge in [0.25, 0.3) is 5.91 Å². The maximum absolute atomic E-state index is 12.9. The molecule has 0 aliphatic carbocycles. The lowest BCUT2D eigenvalue weighted by Gasteiger charge is -2.14. The number of aliphatic hydroxyl groups is 1. The number of thioether (sulfide) groups is 1. The third-order valence-corrected chi connectivity index (χ3v) is 8.64. The molecule has 3 aromatic rings. The van der Waals surface area contributed by atoms with Crippen molar-refractivity contribution in [2.24, 2.45) is 0 Å². The number of nitrogens with zero attached hydrogens (tertiary/aromatic N) is 1. The highest BCUT2D eigenvalue weighted by Crippen LogP contribution is 2.34. The number of thiocarbonyl (C=S) groups is 1. The van der Waals surface area contributed by atoms with Crippen LogP contribution < -0.4 is 4.72 Å². The van der Waals surface area contributed by atoms with Gasteiger partial charge in [-0.05, 0) is 54.8 Å². The molecule has 1 aliphatic rings. The van der Waals surface area contributed by atoms with Crippen LogP contribution in [0.4, 0.5) is 0 Å². The molecule has 0 bridgehead atoms. The summed E-state index contributed by atoms with van der Waals surface area (Å²) in [5, 5.41) is 8.80. The van der Waals surface area contributed by atoms with Crippen molar-refractivity contribution in [1.29, 1.82) is 0 Å². The van der Waals surface area contributed by atoms with Crippen LogP contribution >= 0.6 is 24.0 Å². The molecule has 1 amide bonds. The highest BCUT2D eigenvalue weighted by atomic mass is 32.2. The lowest BCUT2D eigenvalue weighted by atomic mass is 10.2. The number of hydrogen-bond acceptors (Lipinski definition) is 7. The fourth-order valence-electron chi connectivity index (χ4n) is 3.80. The Morgan fingerprint density at radius 1 is 0.973 bits per heavy atom. The first-order valence-corrected chi connectivity index (χ1v) is 14.7. The minimum Gasteiger partial charge on any atom is -0.457 e. The molecular weight excluding hydrogens is 529 g/mol. The summed E-state index contributed by atoms with van der Waals surface area (Å²) in [5.74, 6) is 0.911. The minimum absolute atomic E-state index is 0.158. The van der Waals surface area contributed by atoms with Crippen LogP contribution in [0.3, 0.4) is 0 Å². The maximum Gasteiger partial charge on any atom is 0.266 e. The lowest BCUT2D eigenvalue weighted by molar-refractivity contribution is -0.122. The molecule has 37 heavy (non-hydrogen) atoms. The molecule has 2 aromatic carbocycles. The molecule has 1 saturated heterocycles. The molecule has 10 heteroatoms. The Kier molecular flexibility index (Phi) is 9.33. The number of amides is 1. The number of furan rings is 1. The molecular formula is C27H28N2O5S3. The first-order chi connectivity index (χ1) is 17.9. The first kappa shape index (κ1) is 27.3. The van der Waals surface area contributed by atoms with E-state index in [1.54, 1.807) is 47.4 Å². The van der Waals surface area contributed by atoms with Crippen molar-refractivity contribution in [3.63, 3.8) is 0 Å². The molecule has 0 spiro atoms. The van der Waals surface area contributed by atoms with Gasteiger partial charge in [0.2, 0.25) is 10.0 Å². The third-order valence-electron chi connectivity index (χ3n) is 5.78. The Labute approximate surface area is 226 Å². The highest BCUT2D eigenvalue weighted by molar-refractivity contribution is 8.26. The molecule has 194 valence electrons. The Bertz CT molecular complexity index is 1370. The van der Waals surface area contributed by atoms with Crippen molar-refractivity contribution in [3.05, 3.63) is 83.0 Å². The average Bonchev–Trinajstić information content (AvgIpc) is 3.47. The van der Waals surface area contributed by atoms with E-state index in [1.807, 2.05) is 30.3 Å². The van der Waals surface area contributed by atoms with Gasteiger partial charge in [-0.2, -0.15) is 0 Å². The Morgan fingerprint density at radius 3 is 2.43 bits per heavy atom. The summed E-state index contributed by atoms with van der Waals surface area (Å²) in [5.41, 5.74) is 1.72. The Balaban J connectivity index is 1.38. The largest absolute Gasteiger partial charge is 0.457 e. The molecule has 2 N–H and O–H groups in total. The van der Waals surface area contributed by atoms with E-state index in [0.29, 0.717) is 33.8 Å². The zero-order valence-electron chi connectivity index (χ0n) is 20.1. The number of sulfonamides is 1. The normalized spacial score (nSPS) is 15.2. The number of unbranched alkanes of at least 4 members (excludes halogenated alkanes) is 3. The predicted molar refractivity (Wildman–Crippen MR) is 150 cm³/mol. The van der Waals surface area contributed by atoms with Crippen LogP contribution in [-0.4, -0.2) is 41.8 Å². The van der Waals surface area contributed by atoms with E-state index in [2.05, 4.69) is 4.72 Å². The summed E-state index contributed by atoms with van der Waals surface area (Å²) < 4.78 is 34.1. The number of nitrogens with one attached hydrogen (secondary N) is 1. The van der Waals surface area contributed by atoms with Crippen molar-refractivity contribution in [3.8, 4) is 11.3 Å². The van der Waals surface area contributed by atoms with Gasteiger partial charge in [-0.3, -0.25) is 9.69 Å². The second kappa shape index (κ2) is 12.7. The molecule has 0 atom stereocenters. The van der Waals surface area contributed by atoms with Gasteiger partial charge in [0.1, 0.15) is 15.8 Å². The van der Waals surface area contributed by atoms with Gasteiger partial charge in [0.15, 0.2) is 0 Å². The third kappa shape index (κ3) is 7.18. The molecule has 4 rings (SSSR count). The summed E-state index contributed by atoms with van der Waals surface area (Å²) in [4.78, 5) is 15.2. The Morgan fingerprint density at radius 2 is 1.70 bits per heavy atom. The number of hydrogen-bond donors (Lipinski definition) is 2. The molecule has 0 radical (unpaired) electrons. The summed E-state index contributed by atoms with van der Waals surface area (Å²) >= 11 is 6.66. The van der Waals surface area contributed by atoms with Crippen molar-refractivity contribution in [2.75, 3.05) is 13.2 Å². The van der Waals surface area contributed by atoms with Gasteiger partial charge in [-0.25, -0.2) is 13.1 Å². The topological polar surface area (TPSA) is 99.8 Å². The van der Waals surface area contributed by atoms with E-state index in [9.17, 15) is 13.2 Å². The van der Waals surface area contributed by atoms with Crippen molar-refractivity contribution in [2.45, 2.75) is 37.1 Å². The van der Waals surface area contributed by atoms with E-state index in [1.165, 1.54) is 11.8 Å². The predicted octanol–water partition coefficient (Wildman–Crippen LogP) is 5.18. The molecule has 1 fully saturated rings. The molecule has 0 unspecified atom stereocenters. The lowest BCUT2D eigenvalue weighted by Crippen LogP contribution is -2.27.